The topological polar surface area (TPSA) is 113 Å². The van der Waals surface area contributed by atoms with E-state index in [4.69, 9.17) is 4.42 Å². The zero-order valence-electron chi connectivity index (χ0n) is 15.0. The van der Waals surface area contributed by atoms with Crippen molar-refractivity contribution in [2.75, 3.05) is 5.32 Å². The lowest BCUT2D eigenvalue weighted by atomic mass is 10.0. The highest BCUT2D eigenvalue weighted by atomic mass is 16.3. The number of H-pyrrole nitrogens is 1. The molecule has 2 aromatic carbocycles. The number of benzene rings is 2. The van der Waals surface area contributed by atoms with E-state index in [2.05, 4.69) is 25.8 Å². The second-order valence-corrected chi connectivity index (χ2v) is 6.23. The van der Waals surface area contributed by atoms with E-state index in [9.17, 15) is 9.59 Å². The third-order valence-electron chi connectivity index (χ3n) is 4.29. The summed E-state index contributed by atoms with van der Waals surface area (Å²) in [6.07, 6.45) is 2.70. The number of rotatable bonds is 5. The van der Waals surface area contributed by atoms with Crippen LogP contribution in [0.25, 0.3) is 22.2 Å². The second-order valence-electron chi connectivity index (χ2n) is 6.23. The van der Waals surface area contributed by atoms with E-state index in [0.29, 0.717) is 11.4 Å². The summed E-state index contributed by atoms with van der Waals surface area (Å²) in [5.41, 5.74) is 1.23. The smallest absolute Gasteiger partial charge is 0.255 e. The lowest BCUT2D eigenvalue weighted by molar-refractivity contribution is -0.117. The molecule has 0 fully saturated rings. The Bertz CT molecular complexity index is 1130. The third kappa shape index (κ3) is 3.48. The Morgan fingerprint density at radius 2 is 1.93 bits per heavy atom. The van der Waals surface area contributed by atoms with Crippen LogP contribution in [0.4, 0.5) is 5.95 Å². The van der Waals surface area contributed by atoms with Crippen LogP contribution in [0, 0.1) is 0 Å². The molecule has 8 nitrogen and oxygen atoms in total. The highest BCUT2D eigenvalue weighted by Gasteiger charge is 2.19. The van der Waals surface area contributed by atoms with Crippen molar-refractivity contribution in [2.24, 2.45) is 0 Å². The van der Waals surface area contributed by atoms with Crippen molar-refractivity contribution < 1.29 is 14.0 Å². The van der Waals surface area contributed by atoms with Gasteiger partial charge < -0.3 is 9.73 Å². The van der Waals surface area contributed by atoms with Crippen LogP contribution < -0.4 is 10.6 Å². The van der Waals surface area contributed by atoms with Gasteiger partial charge in [0.2, 0.25) is 11.9 Å². The van der Waals surface area contributed by atoms with Crippen molar-refractivity contribution >= 4 is 28.5 Å². The molecule has 4 aromatic rings. The summed E-state index contributed by atoms with van der Waals surface area (Å²) in [4.78, 5) is 28.7. The lowest BCUT2D eigenvalue weighted by Crippen LogP contribution is -2.41. The molecule has 0 bridgehead atoms. The van der Waals surface area contributed by atoms with Gasteiger partial charge in [0.25, 0.3) is 5.91 Å². The van der Waals surface area contributed by atoms with Crippen molar-refractivity contribution in [3.63, 3.8) is 0 Å². The van der Waals surface area contributed by atoms with Gasteiger partial charge in [0.1, 0.15) is 12.3 Å². The molecule has 140 valence electrons. The first kappa shape index (κ1) is 17.5. The number of nitrogens with zero attached hydrogens (tertiary/aromatic N) is 2. The summed E-state index contributed by atoms with van der Waals surface area (Å²) in [5, 5.41) is 14.2. The number of nitrogens with one attached hydrogen (secondary N) is 3. The standard InChI is InChI=1S/C20H17N5O3/c1-12(21-19(27)14-9-10-28-11-14)18(26)23-20-22-17(24-25-20)16-8-4-6-13-5-2-3-7-15(13)16/h2-12H,1H3,(H,21,27)(H2,22,23,24,25,26). The van der Waals surface area contributed by atoms with Gasteiger partial charge >= 0.3 is 0 Å². The molecule has 0 saturated carbocycles. The maximum atomic E-state index is 12.3. The minimum Gasteiger partial charge on any atom is -0.472 e. The molecule has 0 aliphatic rings. The first-order valence-electron chi connectivity index (χ1n) is 8.66. The van der Waals surface area contributed by atoms with E-state index in [-0.39, 0.29) is 5.95 Å². The number of amides is 2. The summed E-state index contributed by atoms with van der Waals surface area (Å²) < 4.78 is 4.86. The van der Waals surface area contributed by atoms with Gasteiger partial charge in [0.15, 0.2) is 5.82 Å². The summed E-state index contributed by atoms with van der Waals surface area (Å²) >= 11 is 0. The number of fused-ring (bicyclic) bond motifs is 1. The molecule has 0 spiro atoms. The highest BCUT2D eigenvalue weighted by Crippen LogP contribution is 2.26. The van der Waals surface area contributed by atoms with Gasteiger partial charge in [-0.15, -0.1) is 5.10 Å². The molecule has 2 heterocycles. The normalized spacial score (nSPS) is 11.9. The molecule has 0 radical (unpaired) electrons. The highest BCUT2D eigenvalue weighted by molar-refractivity contribution is 6.00. The minimum atomic E-state index is -0.776. The van der Waals surface area contributed by atoms with Crippen molar-refractivity contribution in [1.82, 2.24) is 20.5 Å². The fraction of sp³-hybridized carbons (Fsp3) is 0.100. The summed E-state index contributed by atoms with van der Waals surface area (Å²) in [6, 6.07) is 14.6. The van der Waals surface area contributed by atoms with E-state index < -0.39 is 17.9 Å². The second kappa shape index (κ2) is 7.36. The Balaban J connectivity index is 1.47. The molecule has 4 rings (SSSR count). The summed E-state index contributed by atoms with van der Waals surface area (Å²) in [6.45, 7) is 1.57. The van der Waals surface area contributed by atoms with E-state index in [1.807, 2.05) is 42.5 Å². The number of furan rings is 1. The molecule has 2 aromatic heterocycles. The number of anilines is 1. The third-order valence-corrected chi connectivity index (χ3v) is 4.29. The van der Waals surface area contributed by atoms with Crippen LogP contribution in [-0.2, 0) is 4.79 Å². The largest absolute Gasteiger partial charge is 0.472 e. The first-order chi connectivity index (χ1) is 13.6. The maximum Gasteiger partial charge on any atom is 0.255 e. The van der Waals surface area contributed by atoms with Gasteiger partial charge in [0.05, 0.1) is 11.8 Å². The molecule has 0 aliphatic heterocycles. The Labute approximate surface area is 160 Å². The summed E-state index contributed by atoms with van der Waals surface area (Å²) in [5.74, 6) is -0.150. The lowest BCUT2D eigenvalue weighted by Gasteiger charge is -2.11. The van der Waals surface area contributed by atoms with Gasteiger partial charge in [-0.25, -0.2) is 0 Å². The maximum absolute atomic E-state index is 12.3. The Kier molecular flexibility index (Phi) is 4.59. The van der Waals surface area contributed by atoms with Crippen molar-refractivity contribution in [2.45, 2.75) is 13.0 Å². The van der Waals surface area contributed by atoms with Crippen LogP contribution in [0.15, 0.2) is 65.5 Å². The van der Waals surface area contributed by atoms with E-state index in [1.54, 1.807) is 6.92 Å². The van der Waals surface area contributed by atoms with Crippen molar-refractivity contribution in [3.8, 4) is 11.4 Å². The zero-order valence-corrected chi connectivity index (χ0v) is 15.0. The SMILES string of the molecule is CC(NC(=O)c1ccoc1)C(=O)Nc1n[nH]c(-c2cccc3ccccc23)n1. The van der Waals surface area contributed by atoms with Gasteiger partial charge in [0, 0.05) is 5.56 Å². The van der Waals surface area contributed by atoms with Crippen LogP contribution in [-0.4, -0.2) is 33.0 Å². The molecule has 0 saturated heterocycles. The molecular weight excluding hydrogens is 358 g/mol. The van der Waals surface area contributed by atoms with E-state index in [0.717, 1.165) is 16.3 Å². The van der Waals surface area contributed by atoms with Crippen LogP contribution in [0.2, 0.25) is 0 Å². The molecule has 8 heteroatoms. The monoisotopic (exact) mass is 375 g/mol. The summed E-state index contributed by atoms with van der Waals surface area (Å²) in [7, 11) is 0. The molecule has 2 amide bonds. The number of hydrogen-bond donors (Lipinski definition) is 3. The Morgan fingerprint density at radius 1 is 1.11 bits per heavy atom. The van der Waals surface area contributed by atoms with E-state index in [1.165, 1.54) is 18.6 Å². The molecule has 0 aliphatic carbocycles. The van der Waals surface area contributed by atoms with Crippen molar-refractivity contribution in [3.05, 3.63) is 66.6 Å². The minimum absolute atomic E-state index is 0.136. The number of carbonyl (C=O) groups is 2. The quantitative estimate of drug-likeness (QED) is 0.496. The molecule has 1 unspecified atom stereocenters. The van der Waals surface area contributed by atoms with Gasteiger partial charge in [-0.05, 0) is 23.8 Å². The molecule has 28 heavy (non-hydrogen) atoms. The predicted octanol–water partition coefficient (Wildman–Crippen LogP) is 2.97. The molecule has 1 atom stereocenters. The predicted molar refractivity (Wildman–Crippen MR) is 104 cm³/mol. The van der Waals surface area contributed by atoms with Crippen molar-refractivity contribution in [1.29, 1.82) is 0 Å². The fourth-order valence-electron chi connectivity index (χ4n) is 2.83. The molecule has 3 N–H and O–H groups in total. The Morgan fingerprint density at radius 3 is 2.75 bits per heavy atom. The average Bonchev–Trinajstić information content (AvgIpc) is 3.39. The van der Waals surface area contributed by atoms with Crippen LogP contribution in [0.5, 0.6) is 0 Å². The fourth-order valence-corrected chi connectivity index (χ4v) is 2.83. The van der Waals surface area contributed by atoms with Gasteiger partial charge in [-0.2, -0.15) is 4.98 Å². The first-order valence-corrected chi connectivity index (χ1v) is 8.66. The van der Waals surface area contributed by atoms with E-state index >= 15 is 0 Å². The zero-order chi connectivity index (χ0) is 19.5. The van der Waals surface area contributed by atoms with Crippen LogP contribution in [0.3, 0.4) is 0 Å². The number of carbonyl (C=O) groups excluding carboxylic acids is 2. The van der Waals surface area contributed by atoms with Crippen LogP contribution >= 0.6 is 0 Å². The number of aromatic nitrogens is 3. The molecular formula is C20H17N5O3. The average molecular weight is 375 g/mol. The van der Waals surface area contributed by atoms with Gasteiger partial charge in [-0.3, -0.25) is 20.0 Å². The van der Waals surface area contributed by atoms with Crippen LogP contribution in [0.1, 0.15) is 17.3 Å². The number of hydrogen-bond acceptors (Lipinski definition) is 5. The Hall–Kier alpha value is -3.94. The number of aromatic amines is 1. The van der Waals surface area contributed by atoms with Gasteiger partial charge in [-0.1, -0.05) is 42.5 Å².